The highest BCUT2D eigenvalue weighted by Crippen LogP contribution is 2.18. The maximum Gasteiger partial charge on any atom is 0.326 e. The quantitative estimate of drug-likeness (QED) is 0.792. The van der Waals surface area contributed by atoms with E-state index >= 15 is 0 Å². The molecule has 0 saturated carbocycles. The van der Waals surface area contributed by atoms with Crippen LogP contribution >= 0.6 is 0 Å². The Morgan fingerprint density at radius 3 is 2.68 bits per heavy atom. The van der Waals surface area contributed by atoms with Gasteiger partial charge < -0.3 is 20.2 Å². The number of hydrogen-bond donors (Lipinski definition) is 2. The summed E-state index contributed by atoms with van der Waals surface area (Å²) in [6, 6.07) is -0.713. The van der Waals surface area contributed by atoms with Gasteiger partial charge >= 0.3 is 12.0 Å². The van der Waals surface area contributed by atoms with Crippen molar-refractivity contribution in [2.45, 2.75) is 44.7 Å². The predicted octanol–water partition coefficient (Wildman–Crippen LogP) is 0.729. The molecule has 0 bridgehead atoms. The van der Waals surface area contributed by atoms with Crippen molar-refractivity contribution in [2.75, 3.05) is 26.2 Å². The summed E-state index contributed by atoms with van der Waals surface area (Å²) in [5, 5.41) is 12.1. The zero-order chi connectivity index (χ0) is 13.8. The number of carbonyl (C=O) groups is 2. The number of carbonyl (C=O) groups excluding carboxylic acids is 1. The Bertz CT molecular complexity index is 348. The fraction of sp³-hybridized carbons (Fsp3) is 0.846. The number of rotatable bonds is 3. The summed E-state index contributed by atoms with van der Waals surface area (Å²) in [5.41, 5.74) is 0. The van der Waals surface area contributed by atoms with E-state index in [2.05, 4.69) is 17.1 Å². The predicted molar refractivity (Wildman–Crippen MR) is 71.0 cm³/mol. The molecule has 0 radical (unpaired) electrons. The zero-order valence-electron chi connectivity index (χ0n) is 11.5. The Balaban J connectivity index is 1.88. The molecule has 0 spiro atoms. The van der Waals surface area contributed by atoms with Crippen molar-refractivity contribution in [3.05, 3.63) is 0 Å². The van der Waals surface area contributed by atoms with E-state index in [0.717, 1.165) is 38.9 Å². The first-order chi connectivity index (χ1) is 9.11. The molecule has 0 aromatic carbocycles. The summed E-state index contributed by atoms with van der Waals surface area (Å²) < 4.78 is 0. The third-order valence-corrected chi connectivity index (χ3v) is 4.08. The van der Waals surface area contributed by atoms with Gasteiger partial charge in [-0.3, -0.25) is 0 Å². The molecule has 2 amide bonds. The number of likely N-dealkylation sites (N-methyl/N-ethyl adjacent to an activating group) is 1. The Kier molecular flexibility index (Phi) is 4.63. The highest BCUT2D eigenvalue weighted by Gasteiger charge is 2.35. The molecule has 6 heteroatoms. The molecule has 2 saturated heterocycles. The number of carboxylic acid groups (broad SMARTS) is 1. The second-order valence-corrected chi connectivity index (χ2v) is 5.37. The van der Waals surface area contributed by atoms with Crippen molar-refractivity contribution in [2.24, 2.45) is 0 Å². The van der Waals surface area contributed by atoms with Crippen LogP contribution in [0.25, 0.3) is 0 Å². The van der Waals surface area contributed by atoms with Gasteiger partial charge in [0.25, 0.3) is 0 Å². The molecule has 2 atom stereocenters. The normalized spacial score (nSPS) is 28.4. The van der Waals surface area contributed by atoms with E-state index in [0.29, 0.717) is 13.0 Å². The summed E-state index contributed by atoms with van der Waals surface area (Å²) in [4.78, 5) is 27.0. The minimum atomic E-state index is -0.897. The maximum atomic E-state index is 12.2. The van der Waals surface area contributed by atoms with Crippen molar-refractivity contribution in [3.8, 4) is 0 Å². The monoisotopic (exact) mass is 269 g/mol. The molecule has 2 fully saturated rings. The van der Waals surface area contributed by atoms with E-state index < -0.39 is 12.0 Å². The number of carboxylic acids is 1. The number of nitrogens with zero attached hydrogens (tertiary/aromatic N) is 2. The fourth-order valence-electron chi connectivity index (χ4n) is 2.98. The first-order valence-corrected chi connectivity index (χ1v) is 7.14. The molecule has 19 heavy (non-hydrogen) atoms. The summed E-state index contributed by atoms with van der Waals surface area (Å²) in [6.45, 7) is 5.62. The molecular formula is C13H23N3O3. The van der Waals surface area contributed by atoms with Crippen LogP contribution in [0.4, 0.5) is 4.79 Å². The Labute approximate surface area is 113 Å². The lowest BCUT2D eigenvalue weighted by atomic mass is 10.1. The van der Waals surface area contributed by atoms with E-state index in [1.807, 2.05) is 0 Å². The average Bonchev–Trinajstić information content (AvgIpc) is 2.88. The molecule has 2 unspecified atom stereocenters. The molecular weight excluding hydrogens is 246 g/mol. The summed E-state index contributed by atoms with van der Waals surface area (Å²) >= 11 is 0. The molecule has 2 aliphatic rings. The Morgan fingerprint density at radius 1 is 1.26 bits per heavy atom. The van der Waals surface area contributed by atoms with Crippen LogP contribution < -0.4 is 5.32 Å². The SMILES string of the molecule is CCN1CCCC(NC(=O)N2CCCC2C(=O)O)C1. The molecule has 108 valence electrons. The third-order valence-electron chi connectivity index (χ3n) is 4.08. The van der Waals surface area contributed by atoms with Gasteiger partial charge in [-0.2, -0.15) is 0 Å². The molecule has 2 aliphatic heterocycles. The van der Waals surface area contributed by atoms with Gasteiger partial charge in [-0.15, -0.1) is 0 Å². The molecule has 0 aliphatic carbocycles. The van der Waals surface area contributed by atoms with Crippen LogP contribution in [0.1, 0.15) is 32.6 Å². The van der Waals surface area contributed by atoms with Gasteiger partial charge in [-0.05, 0) is 38.8 Å². The van der Waals surface area contributed by atoms with Crippen molar-refractivity contribution in [1.29, 1.82) is 0 Å². The Hall–Kier alpha value is -1.30. The van der Waals surface area contributed by atoms with Gasteiger partial charge in [-0.25, -0.2) is 9.59 Å². The van der Waals surface area contributed by atoms with Gasteiger partial charge in [0, 0.05) is 19.1 Å². The van der Waals surface area contributed by atoms with E-state index in [1.165, 1.54) is 4.90 Å². The topological polar surface area (TPSA) is 72.9 Å². The Morgan fingerprint density at radius 2 is 2.00 bits per heavy atom. The van der Waals surface area contributed by atoms with Crippen molar-refractivity contribution in [3.63, 3.8) is 0 Å². The molecule has 6 nitrogen and oxygen atoms in total. The second kappa shape index (κ2) is 6.23. The van der Waals surface area contributed by atoms with Gasteiger partial charge in [0.05, 0.1) is 0 Å². The maximum absolute atomic E-state index is 12.2. The lowest BCUT2D eigenvalue weighted by Crippen LogP contribution is -2.53. The first kappa shape index (κ1) is 14.1. The van der Waals surface area contributed by atoms with E-state index in [-0.39, 0.29) is 12.1 Å². The van der Waals surface area contributed by atoms with Crippen LogP contribution in [-0.4, -0.2) is 65.2 Å². The van der Waals surface area contributed by atoms with Crippen molar-refractivity contribution >= 4 is 12.0 Å². The highest BCUT2D eigenvalue weighted by atomic mass is 16.4. The van der Waals surface area contributed by atoms with Gasteiger partial charge in [0.2, 0.25) is 0 Å². The van der Waals surface area contributed by atoms with Crippen LogP contribution in [0.15, 0.2) is 0 Å². The standard InChI is InChI=1S/C13H23N3O3/c1-2-15-7-3-5-10(9-15)14-13(19)16-8-4-6-11(16)12(17)18/h10-11H,2-9H2,1H3,(H,14,19)(H,17,18). The van der Waals surface area contributed by atoms with Crippen LogP contribution in [0.2, 0.25) is 0 Å². The average molecular weight is 269 g/mol. The second-order valence-electron chi connectivity index (χ2n) is 5.37. The summed E-state index contributed by atoms with van der Waals surface area (Å²) in [7, 11) is 0. The lowest BCUT2D eigenvalue weighted by Gasteiger charge is -2.33. The largest absolute Gasteiger partial charge is 0.480 e. The number of likely N-dealkylation sites (tertiary alicyclic amines) is 2. The zero-order valence-corrected chi connectivity index (χ0v) is 11.5. The van der Waals surface area contributed by atoms with Crippen molar-refractivity contribution < 1.29 is 14.7 Å². The highest BCUT2D eigenvalue weighted by molar-refractivity contribution is 5.83. The number of urea groups is 1. The van der Waals surface area contributed by atoms with E-state index in [4.69, 9.17) is 5.11 Å². The minimum Gasteiger partial charge on any atom is -0.480 e. The minimum absolute atomic E-state index is 0.149. The first-order valence-electron chi connectivity index (χ1n) is 7.14. The molecule has 2 heterocycles. The number of nitrogens with one attached hydrogen (secondary N) is 1. The smallest absolute Gasteiger partial charge is 0.326 e. The van der Waals surface area contributed by atoms with Crippen molar-refractivity contribution in [1.82, 2.24) is 15.1 Å². The van der Waals surface area contributed by atoms with Crippen LogP contribution in [-0.2, 0) is 4.79 Å². The third kappa shape index (κ3) is 3.37. The van der Waals surface area contributed by atoms with Gasteiger partial charge in [0.15, 0.2) is 0 Å². The number of amides is 2. The number of hydrogen-bond acceptors (Lipinski definition) is 3. The molecule has 0 aromatic heterocycles. The van der Waals surface area contributed by atoms with E-state index in [1.54, 1.807) is 0 Å². The van der Waals surface area contributed by atoms with Gasteiger partial charge in [-0.1, -0.05) is 6.92 Å². The lowest BCUT2D eigenvalue weighted by molar-refractivity contribution is -0.141. The molecule has 2 rings (SSSR count). The van der Waals surface area contributed by atoms with Crippen LogP contribution in [0.3, 0.4) is 0 Å². The number of piperidine rings is 1. The summed E-state index contributed by atoms with van der Waals surface area (Å²) in [5.74, 6) is -0.897. The van der Waals surface area contributed by atoms with Crippen LogP contribution in [0.5, 0.6) is 0 Å². The fourth-order valence-corrected chi connectivity index (χ4v) is 2.98. The molecule has 2 N–H and O–H groups in total. The number of aliphatic carboxylic acids is 1. The molecule has 0 aromatic rings. The summed E-state index contributed by atoms with van der Waals surface area (Å²) in [6.07, 6.45) is 3.40. The van der Waals surface area contributed by atoms with E-state index in [9.17, 15) is 9.59 Å². The van der Waals surface area contributed by atoms with Crippen LogP contribution in [0, 0.1) is 0 Å². The van der Waals surface area contributed by atoms with Gasteiger partial charge in [0.1, 0.15) is 6.04 Å².